The Kier molecular flexibility index (Phi) is 2.75. The minimum absolute atomic E-state index is 0.196. The highest BCUT2D eigenvalue weighted by Gasteiger charge is 2.43. The molecule has 1 fully saturated rings. The van der Waals surface area contributed by atoms with E-state index in [1.165, 1.54) is 0 Å². The van der Waals surface area contributed by atoms with Gasteiger partial charge in [0.05, 0.1) is 28.1 Å². The summed E-state index contributed by atoms with van der Waals surface area (Å²) in [5.41, 5.74) is -2.52. The SMILES string of the molecule is CC1(O)CC(n2nc(F)c3cc(O)cc(C(F)(F)F)c32)C1. The van der Waals surface area contributed by atoms with Crippen LogP contribution in [0.25, 0.3) is 10.9 Å². The second-order valence-electron chi connectivity index (χ2n) is 5.68. The quantitative estimate of drug-likeness (QED) is 0.796. The highest BCUT2D eigenvalue weighted by Crippen LogP contribution is 2.45. The van der Waals surface area contributed by atoms with Crippen LogP contribution in [0.1, 0.15) is 31.4 Å². The molecule has 0 unspecified atom stereocenters. The molecule has 1 aliphatic rings. The van der Waals surface area contributed by atoms with E-state index in [1.54, 1.807) is 6.92 Å². The number of hydrogen-bond donors (Lipinski definition) is 2. The summed E-state index contributed by atoms with van der Waals surface area (Å²) < 4.78 is 54.1. The van der Waals surface area contributed by atoms with Crippen LogP contribution < -0.4 is 0 Å². The highest BCUT2D eigenvalue weighted by molar-refractivity contribution is 5.85. The molecule has 2 aromatic rings. The lowest BCUT2D eigenvalue weighted by Gasteiger charge is -2.41. The number of aromatic nitrogens is 2. The Morgan fingerprint density at radius 2 is 1.95 bits per heavy atom. The monoisotopic (exact) mass is 304 g/mol. The molecule has 0 radical (unpaired) electrons. The maximum atomic E-state index is 13.8. The molecule has 0 saturated heterocycles. The van der Waals surface area contributed by atoms with Crippen molar-refractivity contribution in [1.29, 1.82) is 0 Å². The first-order valence-corrected chi connectivity index (χ1v) is 6.29. The van der Waals surface area contributed by atoms with Gasteiger partial charge in [-0.1, -0.05) is 0 Å². The van der Waals surface area contributed by atoms with Gasteiger partial charge in [0.25, 0.3) is 0 Å². The molecule has 1 aromatic carbocycles. The largest absolute Gasteiger partial charge is 0.508 e. The summed E-state index contributed by atoms with van der Waals surface area (Å²) in [6, 6.07) is 0.967. The lowest BCUT2D eigenvalue weighted by Crippen LogP contribution is -2.42. The van der Waals surface area contributed by atoms with Crippen molar-refractivity contribution in [3.63, 3.8) is 0 Å². The molecule has 2 N–H and O–H groups in total. The van der Waals surface area contributed by atoms with E-state index in [0.29, 0.717) is 6.07 Å². The fourth-order valence-electron chi connectivity index (χ4n) is 2.83. The van der Waals surface area contributed by atoms with Gasteiger partial charge in [0.1, 0.15) is 5.75 Å². The van der Waals surface area contributed by atoms with Crippen LogP contribution in [0.2, 0.25) is 0 Å². The van der Waals surface area contributed by atoms with Gasteiger partial charge in [0.15, 0.2) is 0 Å². The Morgan fingerprint density at radius 3 is 2.48 bits per heavy atom. The number of rotatable bonds is 1. The first kappa shape index (κ1) is 14.1. The Hall–Kier alpha value is -1.83. The Balaban J connectivity index is 2.23. The Labute approximate surface area is 116 Å². The molecule has 0 atom stereocenters. The number of nitrogens with zero attached hydrogens (tertiary/aromatic N) is 2. The van der Waals surface area contributed by atoms with Crippen LogP contribution in [0, 0.1) is 5.95 Å². The summed E-state index contributed by atoms with van der Waals surface area (Å²) in [4.78, 5) is 0. The number of fused-ring (bicyclic) bond motifs is 1. The van der Waals surface area contributed by atoms with E-state index in [9.17, 15) is 27.8 Å². The maximum absolute atomic E-state index is 13.8. The van der Waals surface area contributed by atoms with Gasteiger partial charge < -0.3 is 10.2 Å². The molecule has 1 heterocycles. The number of aromatic hydroxyl groups is 1. The number of alkyl halides is 3. The lowest BCUT2D eigenvalue weighted by molar-refractivity contribution is -0.136. The van der Waals surface area contributed by atoms with Crippen LogP contribution in [0.3, 0.4) is 0 Å². The van der Waals surface area contributed by atoms with Gasteiger partial charge in [-0.2, -0.15) is 17.6 Å². The molecule has 0 amide bonds. The zero-order chi connectivity index (χ0) is 15.6. The van der Waals surface area contributed by atoms with E-state index in [0.717, 1.165) is 10.7 Å². The third-order valence-electron chi connectivity index (χ3n) is 3.74. The molecule has 0 spiro atoms. The van der Waals surface area contributed by atoms with Crippen molar-refractivity contribution < 1.29 is 27.8 Å². The smallest absolute Gasteiger partial charge is 0.418 e. The molecule has 0 aliphatic heterocycles. The average Bonchev–Trinajstić information content (AvgIpc) is 2.61. The van der Waals surface area contributed by atoms with Crippen LogP contribution in [-0.2, 0) is 6.18 Å². The van der Waals surface area contributed by atoms with Gasteiger partial charge in [-0.15, -0.1) is 5.10 Å². The second-order valence-corrected chi connectivity index (χ2v) is 5.68. The molecule has 21 heavy (non-hydrogen) atoms. The van der Waals surface area contributed by atoms with Crippen molar-refractivity contribution in [2.24, 2.45) is 0 Å². The van der Waals surface area contributed by atoms with E-state index in [2.05, 4.69) is 5.10 Å². The summed E-state index contributed by atoms with van der Waals surface area (Å²) in [7, 11) is 0. The molecule has 1 aromatic heterocycles. The lowest BCUT2D eigenvalue weighted by atomic mass is 9.77. The molecule has 1 aliphatic carbocycles. The van der Waals surface area contributed by atoms with Crippen molar-refractivity contribution >= 4 is 10.9 Å². The number of phenolic OH excluding ortho intramolecular Hbond substituents is 1. The molecule has 114 valence electrons. The number of aliphatic hydroxyl groups is 1. The van der Waals surface area contributed by atoms with E-state index in [-0.39, 0.29) is 18.2 Å². The van der Waals surface area contributed by atoms with Gasteiger partial charge in [-0.3, -0.25) is 4.68 Å². The third-order valence-corrected chi connectivity index (χ3v) is 3.74. The molecule has 4 nitrogen and oxygen atoms in total. The van der Waals surface area contributed by atoms with Crippen molar-refractivity contribution in [3.05, 3.63) is 23.6 Å². The third kappa shape index (κ3) is 2.23. The van der Waals surface area contributed by atoms with Crippen molar-refractivity contribution in [2.45, 2.75) is 37.6 Å². The molecule has 0 bridgehead atoms. The molecule has 3 rings (SSSR count). The zero-order valence-corrected chi connectivity index (χ0v) is 10.9. The fourth-order valence-corrected chi connectivity index (χ4v) is 2.83. The molecule has 8 heteroatoms. The number of hydrogen-bond acceptors (Lipinski definition) is 3. The predicted octanol–water partition coefficient (Wildman–Crippen LogP) is 2.99. The number of halogens is 4. The van der Waals surface area contributed by atoms with E-state index in [1.807, 2.05) is 0 Å². The van der Waals surface area contributed by atoms with Gasteiger partial charge in [-0.05, 0) is 31.9 Å². The summed E-state index contributed by atoms with van der Waals surface area (Å²) in [5, 5.41) is 22.2. The van der Waals surface area contributed by atoms with Crippen LogP contribution in [0.4, 0.5) is 17.6 Å². The molecule has 1 saturated carbocycles. The summed E-state index contributed by atoms with van der Waals surface area (Å²) in [6.07, 6.45) is -4.35. The number of phenols is 1. The van der Waals surface area contributed by atoms with Crippen LogP contribution in [0.15, 0.2) is 12.1 Å². The first-order valence-electron chi connectivity index (χ1n) is 6.29. The Bertz CT molecular complexity index is 713. The minimum Gasteiger partial charge on any atom is -0.508 e. The van der Waals surface area contributed by atoms with E-state index in [4.69, 9.17) is 0 Å². The van der Waals surface area contributed by atoms with Crippen molar-refractivity contribution in [1.82, 2.24) is 9.78 Å². The fraction of sp³-hybridized carbons (Fsp3) is 0.462. The summed E-state index contributed by atoms with van der Waals surface area (Å²) >= 11 is 0. The topological polar surface area (TPSA) is 58.3 Å². The second kappa shape index (κ2) is 4.09. The summed E-state index contributed by atoms with van der Waals surface area (Å²) in [5.74, 6) is -1.74. The Morgan fingerprint density at radius 1 is 1.33 bits per heavy atom. The minimum atomic E-state index is -4.74. The predicted molar refractivity (Wildman–Crippen MR) is 65.3 cm³/mol. The van der Waals surface area contributed by atoms with Crippen molar-refractivity contribution in [2.75, 3.05) is 0 Å². The van der Waals surface area contributed by atoms with Gasteiger partial charge in [-0.25, -0.2) is 0 Å². The van der Waals surface area contributed by atoms with E-state index >= 15 is 0 Å². The van der Waals surface area contributed by atoms with Crippen molar-refractivity contribution in [3.8, 4) is 5.75 Å². The first-order chi connectivity index (χ1) is 9.58. The van der Waals surface area contributed by atoms with Gasteiger partial charge in [0, 0.05) is 0 Å². The van der Waals surface area contributed by atoms with E-state index < -0.39 is 40.6 Å². The summed E-state index contributed by atoms with van der Waals surface area (Å²) in [6.45, 7) is 1.56. The highest BCUT2D eigenvalue weighted by atomic mass is 19.4. The zero-order valence-electron chi connectivity index (χ0n) is 10.9. The van der Waals surface area contributed by atoms with Crippen LogP contribution in [-0.4, -0.2) is 25.6 Å². The maximum Gasteiger partial charge on any atom is 0.418 e. The van der Waals surface area contributed by atoms with Gasteiger partial charge >= 0.3 is 6.18 Å². The standard InChI is InChI=1S/C13H12F4N2O2/c1-12(21)4-6(5-12)19-10-8(11(14)18-19)2-7(20)3-9(10)13(15,16)17/h2-3,6,20-21H,4-5H2,1H3. The average molecular weight is 304 g/mol. The molecular weight excluding hydrogens is 292 g/mol. The van der Waals surface area contributed by atoms with Gasteiger partial charge in [0.2, 0.25) is 5.95 Å². The molecular formula is C13H12F4N2O2. The van der Waals surface area contributed by atoms with Crippen LogP contribution in [0.5, 0.6) is 5.75 Å². The number of benzene rings is 1. The van der Waals surface area contributed by atoms with Crippen LogP contribution >= 0.6 is 0 Å². The normalized spacial score (nSPS) is 26.1.